The zero-order chi connectivity index (χ0) is 32.0. The molecule has 0 saturated carbocycles. The molecule has 0 bridgehead atoms. The van der Waals surface area contributed by atoms with Crippen LogP contribution >= 0.6 is 35.6 Å². The van der Waals surface area contributed by atoms with Gasteiger partial charge < -0.3 is 14.2 Å². The molecule has 5 aromatic rings. The third-order valence-corrected chi connectivity index (χ3v) is 9.05. The van der Waals surface area contributed by atoms with Gasteiger partial charge in [-0.05, 0) is 72.2 Å². The van der Waals surface area contributed by atoms with E-state index in [0.29, 0.717) is 51.1 Å². The summed E-state index contributed by atoms with van der Waals surface area (Å²) in [5, 5.41) is 5.63. The van der Waals surface area contributed by atoms with Gasteiger partial charge in [0.15, 0.2) is 11.5 Å². The first-order valence-corrected chi connectivity index (χ1v) is 16.1. The number of carbonyl (C=O) groups excluding carboxylic acids is 1. The number of hydrogen-bond donors (Lipinski definition) is 0. The number of ether oxygens (including phenoxy) is 3. The van der Waals surface area contributed by atoms with Gasteiger partial charge in [0.25, 0.3) is 5.91 Å². The average Bonchev–Trinajstić information content (AvgIpc) is 3.63. The number of para-hydroxylation sites is 1. The van der Waals surface area contributed by atoms with E-state index >= 15 is 0 Å². The zero-order valence-electron chi connectivity index (χ0n) is 25.2. The lowest BCUT2D eigenvalue weighted by molar-refractivity contribution is -0.122. The lowest BCUT2D eigenvalue weighted by Crippen LogP contribution is -2.30. The number of amides is 1. The lowest BCUT2D eigenvalue weighted by Gasteiger charge is -2.15. The smallest absolute Gasteiger partial charge is 0.266 e. The molecular formula is C36H30ClN3O4S2. The second-order valence-corrected chi connectivity index (χ2v) is 12.5. The summed E-state index contributed by atoms with van der Waals surface area (Å²) >= 11 is 13.0. The van der Waals surface area contributed by atoms with Gasteiger partial charge in [0.2, 0.25) is 0 Å². The molecule has 0 radical (unpaired) electrons. The molecule has 1 aliphatic heterocycles. The maximum atomic E-state index is 13.6. The fourth-order valence-electron chi connectivity index (χ4n) is 5.02. The van der Waals surface area contributed by atoms with E-state index < -0.39 is 0 Å². The van der Waals surface area contributed by atoms with E-state index in [4.69, 9.17) is 43.1 Å². The van der Waals surface area contributed by atoms with Gasteiger partial charge in [0.1, 0.15) is 22.4 Å². The van der Waals surface area contributed by atoms with Crippen molar-refractivity contribution in [1.29, 1.82) is 0 Å². The summed E-state index contributed by atoms with van der Waals surface area (Å²) in [5.41, 5.74) is 5.30. The van der Waals surface area contributed by atoms with Gasteiger partial charge in [-0.2, -0.15) is 5.10 Å². The van der Waals surface area contributed by atoms with Gasteiger partial charge in [0, 0.05) is 28.9 Å². The van der Waals surface area contributed by atoms with Gasteiger partial charge in [-0.15, -0.1) is 0 Å². The number of carbonyl (C=O) groups is 1. The monoisotopic (exact) mass is 667 g/mol. The molecule has 0 aliphatic carbocycles. The van der Waals surface area contributed by atoms with E-state index in [-0.39, 0.29) is 5.91 Å². The first kappa shape index (κ1) is 31.4. The number of thiocarbonyl (C=S) groups is 1. The highest BCUT2D eigenvalue weighted by Gasteiger charge is 2.32. The molecule has 0 unspecified atom stereocenters. The highest BCUT2D eigenvalue weighted by Crippen LogP contribution is 2.36. The van der Waals surface area contributed by atoms with Crippen LogP contribution in [0.25, 0.3) is 23.0 Å². The normalized spacial score (nSPS) is 13.8. The molecular weight excluding hydrogens is 638 g/mol. The minimum Gasteiger partial charge on any atom is -0.493 e. The van der Waals surface area contributed by atoms with Crippen molar-refractivity contribution in [2.24, 2.45) is 0 Å². The third kappa shape index (κ3) is 7.12. The molecule has 10 heteroatoms. The van der Waals surface area contributed by atoms with E-state index in [1.165, 1.54) is 11.8 Å². The molecule has 1 fully saturated rings. The fourth-order valence-corrected chi connectivity index (χ4v) is 6.45. The molecule has 0 N–H and O–H groups in total. The minimum atomic E-state index is -0.131. The molecule has 2 heterocycles. The van der Waals surface area contributed by atoms with Gasteiger partial charge in [-0.25, -0.2) is 4.68 Å². The summed E-state index contributed by atoms with van der Waals surface area (Å²) in [6.07, 6.45) is 4.42. The van der Waals surface area contributed by atoms with Crippen LogP contribution in [-0.4, -0.2) is 45.7 Å². The lowest BCUT2D eigenvalue weighted by atomic mass is 10.1. The second-order valence-electron chi connectivity index (χ2n) is 10.4. The van der Waals surface area contributed by atoms with Crippen molar-refractivity contribution in [3.8, 4) is 34.2 Å². The van der Waals surface area contributed by atoms with Crippen LogP contribution in [0.1, 0.15) is 16.7 Å². The Morgan fingerprint density at radius 3 is 2.41 bits per heavy atom. The molecule has 1 amide bonds. The topological polar surface area (TPSA) is 65.8 Å². The minimum absolute atomic E-state index is 0.131. The molecule has 1 saturated heterocycles. The maximum Gasteiger partial charge on any atom is 0.266 e. The van der Waals surface area contributed by atoms with Gasteiger partial charge in [0.05, 0.1) is 24.8 Å². The largest absolute Gasteiger partial charge is 0.493 e. The van der Waals surface area contributed by atoms with Crippen LogP contribution in [0.3, 0.4) is 0 Å². The number of rotatable bonds is 11. The summed E-state index contributed by atoms with van der Waals surface area (Å²) in [5.74, 6) is 1.88. The molecule has 7 nitrogen and oxygen atoms in total. The Balaban J connectivity index is 1.26. The second kappa shape index (κ2) is 14.2. The van der Waals surface area contributed by atoms with E-state index in [9.17, 15) is 4.79 Å². The first-order chi connectivity index (χ1) is 22.4. The van der Waals surface area contributed by atoms with Crippen molar-refractivity contribution in [3.63, 3.8) is 0 Å². The summed E-state index contributed by atoms with van der Waals surface area (Å²) < 4.78 is 19.2. The Morgan fingerprint density at radius 1 is 0.891 bits per heavy atom. The van der Waals surface area contributed by atoms with E-state index in [1.807, 2.05) is 114 Å². The number of nitrogens with zero attached hydrogens (tertiary/aromatic N) is 3. The Kier molecular flexibility index (Phi) is 9.73. The highest BCUT2D eigenvalue weighted by atomic mass is 35.5. The number of aromatic nitrogens is 2. The predicted octanol–water partition coefficient (Wildman–Crippen LogP) is 8.23. The van der Waals surface area contributed by atoms with Gasteiger partial charge in [-0.3, -0.25) is 9.69 Å². The van der Waals surface area contributed by atoms with Crippen LogP contribution in [0.4, 0.5) is 0 Å². The molecule has 232 valence electrons. The maximum absolute atomic E-state index is 13.6. The summed E-state index contributed by atoms with van der Waals surface area (Å²) in [6, 6.07) is 31.0. The van der Waals surface area contributed by atoms with E-state index in [1.54, 1.807) is 19.1 Å². The average molecular weight is 668 g/mol. The molecule has 1 aliphatic rings. The van der Waals surface area contributed by atoms with Crippen LogP contribution in [0.2, 0.25) is 5.02 Å². The SMILES string of the molecule is COc1ccc(CCN2C(=O)/C(=C/c3cn(-c4ccccc4)nc3-c3cccc(OCc4ccc(Cl)cc4)c3)SC2=S)cc1OC. The van der Waals surface area contributed by atoms with Gasteiger partial charge in [-0.1, -0.05) is 84.1 Å². The van der Waals surface area contributed by atoms with Crippen LogP contribution in [-0.2, 0) is 17.8 Å². The quantitative estimate of drug-likeness (QED) is 0.104. The summed E-state index contributed by atoms with van der Waals surface area (Å²) in [6.45, 7) is 0.846. The summed E-state index contributed by atoms with van der Waals surface area (Å²) in [4.78, 5) is 15.8. The molecule has 4 aromatic carbocycles. The van der Waals surface area contributed by atoms with Crippen molar-refractivity contribution >= 4 is 51.9 Å². The predicted molar refractivity (Wildman–Crippen MR) is 188 cm³/mol. The molecule has 46 heavy (non-hydrogen) atoms. The Morgan fingerprint density at radius 2 is 1.65 bits per heavy atom. The fraction of sp³-hybridized carbons (Fsp3) is 0.139. The molecule has 1 aromatic heterocycles. The molecule has 6 rings (SSSR count). The molecule has 0 atom stereocenters. The third-order valence-electron chi connectivity index (χ3n) is 7.42. The number of thioether (sulfide) groups is 1. The Labute approximate surface area is 282 Å². The Bertz CT molecular complexity index is 1910. The van der Waals surface area contributed by atoms with Crippen molar-refractivity contribution in [2.75, 3.05) is 20.8 Å². The number of hydrogen-bond acceptors (Lipinski definition) is 7. The van der Waals surface area contributed by atoms with Crippen molar-refractivity contribution in [3.05, 3.63) is 130 Å². The van der Waals surface area contributed by atoms with Crippen LogP contribution in [0, 0.1) is 0 Å². The van der Waals surface area contributed by atoms with Crippen molar-refractivity contribution in [1.82, 2.24) is 14.7 Å². The Hall–Kier alpha value is -4.57. The van der Waals surface area contributed by atoms with E-state index in [2.05, 4.69) is 0 Å². The highest BCUT2D eigenvalue weighted by molar-refractivity contribution is 8.26. The summed E-state index contributed by atoms with van der Waals surface area (Å²) in [7, 11) is 3.21. The standard InChI is InChI=1S/C36H30ClN3O4S2/c1-42-31-16-13-24(19-32(31)43-2)17-18-39-35(41)33(46-36(39)45)21-27-22-40(29-8-4-3-5-9-29)38-34(27)26-7-6-10-30(20-26)44-23-25-11-14-28(37)15-12-25/h3-16,19-22H,17-18,23H2,1-2H3/b33-21-. The van der Waals surface area contributed by atoms with Crippen molar-refractivity contribution < 1.29 is 19.0 Å². The van der Waals surface area contributed by atoms with Crippen molar-refractivity contribution in [2.45, 2.75) is 13.0 Å². The number of methoxy groups -OCH3 is 2. The molecule has 0 spiro atoms. The van der Waals surface area contributed by atoms with Crippen LogP contribution in [0.5, 0.6) is 17.2 Å². The number of benzene rings is 4. The van der Waals surface area contributed by atoms with Crippen LogP contribution in [0.15, 0.2) is 108 Å². The van der Waals surface area contributed by atoms with Crippen LogP contribution < -0.4 is 14.2 Å². The van der Waals surface area contributed by atoms with E-state index in [0.717, 1.165) is 33.6 Å². The zero-order valence-corrected chi connectivity index (χ0v) is 27.6. The van der Waals surface area contributed by atoms with Gasteiger partial charge >= 0.3 is 0 Å². The number of halogens is 1. The first-order valence-electron chi connectivity index (χ1n) is 14.5.